The molecule has 0 saturated carbocycles. The number of aromatic nitrogens is 4. The first-order valence-corrected chi connectivity index (χ1v) is 8.20. The van der Waals surface area contributed by atoms with Gasteiger partial charge in [0.05, 0.1) is 17.3 Å². The fourth-order valence-electron chi connectivity index (χ4n) is 2.92. The second-order valence-electron chi connectivity index (χ2n) is 6.17. The zero-order valence-electron chi connectivity index (χ0n) is 14.3. The van der Waals surface area contributed by atoms with Gasteiger partial charge in [0.15, 0.2) is 0 Å². The molecule has 4 rings (SSSR count). The first kappa shape index (κ1) is 16.4. The highest BCUT2D eigenvalue weighted by molar-refractivity contribution is 5.83. The number of nitrogens with zero attached hydrogens (tertiary/aromatic N) is 4. The maximum atomic E-state index is 14.1. The van der Waals surface area contributed by atoms with Crippen molar-refractivity contribution in [2.75, 3.05) is 0 Å². The van der Waals surface area contributed by atoms with Crippen molar-refractivity contribution < 1.29 is 9.50 Å². The van der Waals surface area contributed by atoms with Crippen molar-refractivity contribution >= 4 is 10.9 Å². The number of rotatable bonds is 3. The lowest BCUT2D eigenvalue weighted by Gasteiger charge is -2.06. The van der Waals surface area contributed by atoms with E-state index in [-0.39, 0.29) is 5.82 Å². The Morgan fingerprint density at radius 3 is 2.69 bits per heavy atom. The van der Waals surface area contributed by atoms with E-state index in [0.717, 1.165) is 16.5 Å². The number of aliphatic hydroxyl groups excluding tert-OH is 1. The number of hydrogen-bond acceptors (Lipinski definition) is 4. The number of aliphatic hydroxyl groups is 1. The molecule has 0 saturated heterocycles. The van der Waals surface area contributed by atoms with Gasteiger partial charge in [-0.25, -0.2) is 14.4 Å². The molecule has 1 N–H and O–H groups in total. The van der Waals surface area contributed by atoms with Gasteiger partial charge < -0.3 is 5.11 Å². The van der Waals surface area contributed by atoms with Crippen molar-refractivity contribution in [1.29, 1.82) is 0 Å². The van der Waals surface area contributed by atoms with Crippen molar-refractivity contribution in [3.05, 3.63) is 71.9 Å². The van der Waals surface area contributed by atoms with Crippen LogP contribution in [0.2, 0.25) is 0 Å². The lowest BCUT2D eigenvalue weighted by molar-refractivity contribution is 0.195. The molecule has 6 heteroatoms. The summed E-state index contributed by atoms with van der Waals surface area (Å²) < 4.78 is 15.6. The number of hydrogen-bond donors (Lipinski definition) is 1. The van der Waals surface area contributed by atoms with Crippen LogP contribution in [0.25, 0.3) is 28.0 Å². The van der Waals surface area contributed by atoms with Crippen LogP contribution in [0.5, 0.6) is 0 Å². The molecule has 2 heterocycles. The topological polar surface area (TPSA) is 63.8 Å². The van der Waals surface area contributed by atoms with Crippen LogP contribution in [0.1, 0.15) is 24.3 Å². The highest BCUT2D eigenvalue weighted by Crippen LogP contribution is 2.26. The summed E-state index contributed by atoms with van der Waals surface area (Å²) in [4.78, 5) is 8.69. The first-order chi connectivity index (χ1) is 12.5. The van der Waals surface area contributed by atoms with Crippen LogP contribution in [0.15, 0.2) is 48.8 Å². The predicted molar refractivity (Wildman–Crippen MR) is 96.3 cm³/mol. The minimum absolute atomic E-state index is 0.317. The van der Waals surface area contributed by atoms with Crippen molar-refractivity contribution in [3.8, 4) is 17.1 Å². The Morgan fingerprint density at radius 2 is 1.96 bits per heavy atom. The molecule has 0 bridgehead atoms. The molecule has 129 valence electrons. The Morgan fingerprint density at radius 1 is 1.19 bits per heavy atom. The zero-order valence-corrected chi connectivity index (χ0v) is 14.3. The summed E-state index contributed by atoms with van der Waals surface area (Å²) in [5, 5.41) is 15.2. The minimum Gasteiger partial charge on any atom is -0.387 e. The molecule has 26 heavy (non-hydrogen) atoms. The summed E-state index contributed by atoms with van der Waals surface area (Å²) in [5.74, 6) is 0.0285. The molecule has 1 atom stereocenters. The fraction of sp³-hybridized carbons (Fsp3) is 0.150. The molecule has 1 radical (unpaired) electrons. The largest absolute Gasteiger partial charge is 0.387 e. The standard InChI is InChI=1S/C20H16FN4O/c1-12-7-8-17(21)16(9-12)14-10-22-20(23-11-14)25-18-6-4-3-5-15(18)19(24-25)13(2)26/h3,5-11,13,26H,1-2H3. The van der Waals surface area contributed by atoms with E-state index in [1.54, 1.807) is 48.3 Å². The predicted octanol–water partition coefficient (Wildman–Crippen LogP) is 3.78. The van der Waals surface area contributed by atoms with Gasteiger partial charge in [-0.2, -0.15) is 9.78 Å². The molecular weight excluding hydrogens is 331 g/mol. The van der Waals surface area contributed by atoms with Crippen LogP contribution in [0.4, 0.5) is 4.39 Å². The molecule has 0 spiro atoms. The molecule has 4 aromatic rings. The van der Waals surface area contributed by atoms with Crippen LogP contribution in [0, 0.1) is 18.8 Å². The van der Waals surface area contributed by atoms with Crippen molar-refractivity contribution in [2.45, 2.75) is 20.0 Å². The van der Waals surface area contributed by atoms with Gasteiger partial charge in [-0.15, -0.1) is 0 Å². The van der Waals surface area contributed by atoms with E-state index in [0.29, 0.717) is 22.8 Å². The minimum atomic E-state index is -0.721. The van der Waals surface area contributed by atoms with Gasteiger partial charge in [0.1, 0.15) is 5.82 Å². The van der Waals surface area contributed by atoms with Crippen LogP contribution >= 0.6 is 0 Å². The normalized spacial score (nSPS) is 12.5. The SMILES string of the molecule is Cc1ccc(F)c(-c2cnc(-n3nc(C(C)O)c4cc[c]cc43)nc2)c1. The molecule has 0 amide bonds. The van der Waals surface area contributed by atoms with Crippen LogP contribution in [-0.2, 0) is 0 Å². The Labute approximate surface area is 149 Å². The quantitative estimate of drug-likeness (QED) is 0.612. The summed E-state index contributed by atoms with van der Waals surface area (Å²) in [6.45, 7) is 3.56. The maximum Gasteiger partial charge on any atom is 0.251 e. The third kappa shape index (κ3) is 2.74. The zero-order chi connectivity index (χ0) is 18.3. The second-order valence-corrected chi connectivity index (χ2v) is 6.17. The fourth-order valence-corrected chi connectivity index (χ4v) is 2.92. The third-order valence-corrected chi connectivity index (χ3v) is 4.21. The van der Waals surface area contributed by atoms with E-state index in [9.17, 15) is 9.50 Å². The third-order valence-electron chi connectivity index (χ3n) is 4.21. The van der Waals surface area contributed by atoms with Gasteiger partial charge >= 0.3 is 0 Å². The van der Waals surface area contributed by atoms with Gasteiger partial charge in [-0.3, -0.25) is 0 Å². The molecule has 0 aliphatic heterocycles. The van der Waals surface area contributed by atoms with Gasteiger partial charge in [0.25, 0.3) is 5.95 Å². The molecule has 2 aromatic heterocycles. The highest BCUT2D eigenvalue weighted by Gasteiger charge is 2.16. The second kappa shape index (κ2) is 6.31. The van der Waals surface area contributed by atoms with Crippen molar-refractivity contribution in [2.24, 2.45) is 0 Å². The van der Waals surface area contributed by atoms with Gasteiger partial charge in [0.2, 0.25) is 0 Å². The Kier molecular flexibility index (Phi) is 3.97. The average Bonchev–Trinajstić information content (AvgIpc) is 3.04. The number of halogens is 1. The first-order valence-electron chi connectivity index (χ1n) is 8.20. The molecule has 0 aliphatic carbocycles. The smallest absolute Gasteiger partial charge is 0.251 e. The number of benzene rings is 2. The average molecular weight is 347 g/mol. The van der Waals surface area contributed by atoms with Crippen molar-refractivity contribution in [3.63, 3.8) is 0 Å². The van der Waals surface area contributed by atoms with Crippen LogP contribution in [0.3, 0.4) is 0 Å². The summed E-state index contributed by atoms with van der Waals surface area (Å²) in [6, 6.07) is 13.3. The van der Waals surface area contributed by atoms with E-state index in [4.69, 9.17) is 0 Å². The van der Waals surface area contributed by atoms with Gasteiger partial charge in [-0.1, -0.05) is 23.8 Å². The maximum absolute atomic E-state index is 14.1. The van der Waals surface area contributed by atoms with E-state index < -0.39 is 6.10 Å². The highest BCUT2D eigenvalue weighted by atomic mass is 19.1. The summed E-state index contributed by atoms with van der Waals surface area (Å²) in [5.41, 5.74) is 3.30. The van der Waals surface area contributed by atoms with Crippen LogP contribution < -0.4 is 0 Å². The molecule has 0 fully saturated rings. The summed E-state index contributed by atoms with van der Waals surface area (Å²) >= 11 is 0. The molecule has 1 unspecified atom stereocenters. The molecule has 0 aliphatic rings. The van der Waals surface area contributed by atoms with E-state index >= 15 is 0 Å². The molecule has 5 nitrogen and oxygen atoms in total. The monoisotopic (exact) mass is 347 g/mol. The van der Waals surface area contributed by atoms with E-state index in [2.05, 4.69) is 21.1 Å². The van der Waals surface area contributed by atoms with Crippen LogP contribution in [-0.4, -0.2) is 24.9 Å². The van der Waals surface area contributed by atoms with Gasteiger partial charge in [-0.05, 0) is 38.1 Å². The summed E-state index contributed by atoms with van der Waals surface area (Å²) in [6.07, 6.45) is 2.42. The summed E-state index contributed by atoms with van der Waals surface area (Å²) in [7, 11) is 0. The molecule has 2 aromatic carbocycles. The van der Waals surface area contributed by atoms with Crippen molar-refractivity contribution in [1.82, 2.24) is 19.7 Å². The number of aryl methyl sites for hydroxylation is 1. The number of fused-ring (bicyclic) bond motifs is 1. The Balaban J connectivity index is 1.81. The lowest BCUT2D eigenvalue weighted by Crippen LogP contribution is -2.04. The Bertz CT molecular complexity index is 1090. The van der Waals surface area contributed by atoms with E-state index in [1.807, 2.05) is 13.0 Å². The lowest BCUT2D eigenvalue weighted by atomic mass is 10.1. The van der Waals surface area contributed by atoms with Gasteiger partial charge in [0, 0.05) is 28.9 Å². The molecular formula is C20H16FN4O. The van der Waals surface area contributed by atoms with E-state index in [1.165, 1.54) is 6.07 Å². The Hall–Kier alpha value is -3.12.